The lowest BCUT2D eigenvalue weighted by Gasteiger charge is -2.23. The summed E-state index contributed by atoms with van der Waals surface area (Å²) < 4.78 is 0. The third-order valence-electron chi connectivity index (χ3n) is 3.85. The second kappa shape index (κ2) is 5.02. The van der Waals surface area contributed by atoms with Crippen molar-refractivity contribution in [2.24, 2.45) is 0 Å². The fourth-order valence-electron chi connectivity index (χ4n) is 2.78. The monoisotopic (exact) mass is 255 g/mol. The molecule has 3 nitrogen and oxygen atoms in total. The predicted molar refractivity (Wildman–Crippen MR) is 75.1 cm³/mol. The van der Waals surface area contributed by atoms with E-state index in [1.807, 2.05) is 42.5 Å². The Bertz CT molecular complexity index is 608. The average molecular weight is 255 g/mol. The number of aliphatic hydroxyl groups is 1. The molecule has 1 heterocycles. The van der Waals surface area contributed by atoms with E-state index in [4.69, 9.17) is 0 Å². The van der Waals surface area contributed by atoms with Crippen LogP contribution in [0.2, 0.25) is 0 Å². The molecule has 0 spiro atoms. The molecule has 3 rings (SSSR count). The van der Waals surface area contributed by atoms with Gasteiger partial charge in [-0.2, -0.15) is 0 Å². The van der Waals surface area contributed by atoms with Crippen molar-refractivity contribution in [1.82, 2.24) is 4.90 Å². The van der Waals surface area contributed by atoms with Crippen LogP contribution < -0.4 is 0 Å². The van der Waals surface area contributed by atoms with E-state index in [1.54, 1.807) is 4.90 Å². The van der Waals surface area contributed by atoms with Gasteiger partial charge in [-0.3, -0.25) is 4.79 Å². The van der Waals surface area contributed by atoms with Gasteiger partial charge in [0.25, 0.3) is 5.91 Å². The minimum absolute atomic E-state index is 0.0148. The highest BCUT2D eigenvalue weighted by atomic mass is 16.3. The molecule has 1 amide bonds. The van der Waals surface area contributed by atoms with Gasteiger partial charge in [-0.15, -0.1) is 0 Å². The molecule has 3 heteroatoms. The van der Waals surface area contributed by atoms with Crippen molar-refractivity contribution in [3.05, 3.63) is 48.0 Å². The fourth-order valence-corrected chi connectivity index (χ4v) is 2.78. The first-order chi connectivity index (χ1) is 9.29. The normalized spacial score (nSPS) is 19.0. The van der Waals surface area contributed by atoms with Crippen LogP contribution in [0.25, 0.3) is 10.8 Å². The molecule has 0 radical (unpaired) electrons. The maximum absolute atomic E-state index is 12.5. The van der Waals surface area contributed by atoms with E-state index in [2.05, 4.69) is 0 Å². The van der Waals surface area contributed by atoms with Gasteiger partial charge in [-0.25, -0.2) is 0 Å². The Morgan fingerprint density at radius 2 is 2.00 bits per heavy atom. The highest BCUT2D eigenvalue weighted by Crippen LogP contribution is 2.22. The van der Waals surface area contributed by atoms with Crippen LogP contribution >= 0.6 is 0 Å². The van der Waals surface area contributed by atoms with Crippen molar-refractivity contribution in [2.45, 2.75) is 18.9 Å². The molecular formula is C16H17NO2. The lowest BCUT2D eigenvalue weighted by Crippen LogP contribution is -2.37. The van der Waals surface area contributed by atoms with Gasteiger partial charge in [-0.1, -0.05) is 30.3 Å². The average Bonchev–Trinajstić information content (AvgIpc) is 2.94. The lowest BCUT2D eigenvalue weighted by atomic mass is 10.1. The van der Waals surface area contributed by atoms with Gasteiger partial charge in [0.15, 0.2) is 0 Å². The molecule has 1 aliphatic heterocycles. The topological polar surface area (TPSA) is 40.5 Å². The lowest BCUT2D eigenvalue weighted by molar-refractivity contribution is 0.0678. The van der Waals surface area contributed by atoms with Crippen molar-refractivity contribution in [3.8, 4) is 0 Å². The van der Waals surface area contributed by atoms with Crippen LogP contribution in [0.4, 0.5) is 0 Å². The number of nitrogens with zero attached hydrogens (tertiary/aromatic N) is 1. The number of hydrogen-bond acceptors (Lipinski definition) is 2. The van der Waals surface area contributed by atoms with Crippen molar-refractivity contribution >= 4 is 16.7 Å². The van der Waals surface area contributed by atoms with E-state index in [9.17, 15) is 9.90 Å². The number of carbonyl (C=O) groups excluding carboxylic acids is 1. The van der Waals surface area contributed by atoms with E-state index in [-0.39, 0.29) is 18.6 Å². The zero-order valence-electron chi connectivity index (χ0n) is 10.7. The molecule has 2 aromatic rings. The Kier molecular flexibility index (Phi) is 3.22. The molecule has 0 aliphatic carbocycles. The molecule has 1 N–H and O–H groups in total. The Morgan fingerprint density at radius 3 is 2.79 bits per heavy atom. The summed E-state index contributed by atoms with van der Waals surface area (Å²) in [5.74, 6) is 0.0299. The molecule has 0 aromatic heterocycles. The summed E-state index contributed by atoms with van der Waals surface area (Å²) in [6.07, 6.45) is 1.88. The SMILES string of the molecule is O=C(c1ccc2ccccc2c1)N1CCC[C@@H]1CO. The number of amides is 1. The van der Waals surface area contributed by atoms with Crippen LogP contribution in [0.5, 0.6) is 0 Å². The maximum atomic E-state index is 12.5. The van der Waals surface area contributed by atoms with Gasteiger partial charge in [0, 0.05) is 12.1 Å². The second-order valence-corrected chi connectivity index (χ2v) is 5.04. The number of likely N-dealkylation sites (tertiary alicyclic amines) is 1. The van der Waals surface area contributed by atoms with E-state index >= 15 is 0 Å². The van der Waals surface area contributed by atoms with Gasteiger partial charge in [-0.05, 0) is 35.7 Å². The molecule has 19 heavy (non-hydrogen) atoms. The van der Waals surface area contributed by atoms with E-state index in [0.29, 0.717) is 5.56 Å². The Morgan fingerprint density at radius 1 is 1.21 bits per heavy atom. The molecule has 0 unspecified atom stereocenters. The van der Waals surface area contributed by atoms with Gasteiger partial charge >= 0.3 is 0 Å². The van der Waals surface area contributed by atoms with E-state index in [1.165, 1.54) is 0 Å². The summed E-state index contributed by atoms with van der Waals surface area (Å²) in [5, 5.41) is 11.5. The van der Waals surface area contributed by atoms with E-state index in [0.717, 1.165) is 30.2 Å². The molecule has 1 atom stereocenters. The second-order valence-electron chi connectivity index (χ2n) is 5.04. The first kappa shape index (κ1) is 12.2. The van der Waals surface area contributed by atoms with Crippen molar-refractivity contribution < 1.29 is 9.90 Å². The number of aliphatic hydroxyl groups excluding tert-OH is 1. The molecule has 0 bridgehead atoms. The van der Waals surface area contributed by atoms with Gasteiger partial charge in [0.1, 0.15) is 0 Å². The molecule has 98 valence electrons. The van der Waals surface area contributed by atoms with Crippen molar-refractivity contribution in [1.29, 1.82) is 0 Å². The third-order valence-corrected chi connectivity index (χ3v) is 3.85. The van der Waals surface area contributed by atoms with Crippen LogP contribution in [0.1, 0.15) is 23.2 Å². The van der Waals surface area contributed by atoms with Gasteiger partial charge in [0.05, 0.1) is 12.6 Å². The minimum Gasteiger partial charge on any atom is -0.394 e. The Hall–Kier alpha value is -1.87. The Balaban J connectivity index is 1.93. The number of carbonyl (C=O) groups is 1. The third kappa shape index (κ3) is 2.22. The number of hydrogen-bond donors (Lipinski definition) is 1. The summed E-state index contributed by atoms with van der Waals surface area (Å²) >= 11 is 0. The molecule has 1 saturated heterocycles. The highest BCUT2D eigenvalue weighted by Gasteiger charge is 2.28. The number of fused-ring (bicyclic) bond motifs is 1. The van der Waals surface area contributed by atoms with Crippen LogP contribution in [0.3, 0.4) is 0 Å². The molecule has 1 aliphatic rings. The van der Waals surface area contributed by atoms with Crippen molar-refractivity contribution in [3.63, 3.8) is 0 Å². The minimum atomic E-state index is -0.0148. The smallest absolute Gasteiger partial charge is 0.254 e. The maximum Gasteiger partial charge on any atom is 0.254 e. The van der Waals surface area contributed by atoms with Crippen LogP contribution in [0, 0.1) is 0 Å². The molecule has 1 fully saturated rings. The number of benzene rings is 2. The standard InChI is InChI=1S/C16H17NO2/c18-11-15-6-3-9-17(15)16(19)14-8-7-12-4-1-2-5-13(12)10-14/h1-2,4-5,7-8,10,15,18H,3,6,9,11H2/t15-/m1/s1. The summed E-state index contributed by atoms with van der Waals surface area (Å²) in [4.78, 5) is 14.3. The summed E-state index contributed by atoms with van der Waals surface area (Å²) in [5.41, 5.74) is 0.707. The van der Waals surface area contributed by atoms with E-state index < -0.39 is 0 Å². The zero-order valence-corrected chi connectivity index (χ0v) is 10.7. The highest BCUT2D eigenvalue weighted by molar-refractivity contribution is 5.98. The molecular weight excluding hydrogens is 238 g/mol. The first-order valence-electron chi connectivity index (χ1n) is 6.70. The summed E-state index contributed by atoms with van der Waals surface area (Å²) in [6, 6.07) is 13.8. The zero-order chi connectivity index (χ0) is 13.2. The first-order valence-corrected chi connectivity index (χ1v) is 6.70. The fraction of sp³-hybridized carbons (Fsp3) is 0.312. The van der Waals surface area contributed by atoms with Crippen LogP contribution in [0.15, 0.2) is 42.5 Å². The quantitative estimate of drug-likeness (QED) is 0.895. The predicted octanol–water partition coefficient (Wildman–Crippen LogP) is 2.44. The van der Waals surface area contributed by atoms with Crippen molar-refractivity contribution in [2.75, 3.05) is 13.2 Å². The Labute approximate surface area is 112 Å². The molecule has 2 aromatic carbocycles. The largest absolute Gasteiger partial charge is 0.394 e. The van der Waals surface area contributed by atoms with Crippen LogP contribution in [-0.4, -0.2) is 35.1 Å². The van der Waals surface area contributed by atoms with Crippen LogP contribution in [-0.2, 0) is 0 Å². The number of rotatable bonds is 2. The summed E-state index contributed by atoms with van der Waals surface area (Å²) in [7, 11) is 0. The van der Waals surface area contributed by atoms with Gasteiger partial charge < -0.3 is 10.0 Å². The summed E-state index contributed by atoms with van der Waals surface area (Å²) in [6.45, 7) is 0.802. The molecule has 0 saturated carbocycles. The van der Waals surface area contributed by atoms with Gasteiger partial charge in [0.2, 0.25) is 0 Å².